The first-order valence-electron chi connectivity index (χ1n) is 8.40. The summed E-state index contributed by atoms with van der Waals surface area (Å²) >= 11 is 1.70. The van der Waals surface area contributed by atoms with Crippen molar-refractivity contribution in [2.45, 2.75) is 37.8 Å². The van der Waals surface area contributed by atoms with Crippen LogP contribution in [0.1, 0.15) is 52.7 Å². The van der Waals surface area contributed by atoms with Gasteiger partial charge in [0.15, 0.2) is 0 Å². The lowest BCUT2D eigenvalue weighted by Crippen LogP contribution is -2.12. The molecule has 5 nitrogen and oxygen atoms in total. The van der Waals surface area contributed by atoms with Gasteiger partial charge in [-0.1, -0.05) is 45.0 Å². The number of benzene rings is 1. The number of carbonyl (C=O) groups excluding carboxylic acids is 2. The van der Waals surface area contributed by atoms with E-state index in [2.05, 4.69) is 32.9 Å². The van der Waals surface area contributed by atoms with E-state index in [4.69, 9.17) is 9.47 Å². The molecular formula is C20H23NO4S. The van der Waals surface area contributed by atoms with E-state index in [-0.39, 0.29) is 11.0 Å². The number of nitrogens with zero attached hydrogens (tertiary/aromatic N) is 1. The molecule has 0 radical (unpaired) electrons. The lowest BCUT2D eigenvalue weighted by atomic mass is 9.86. The molecule has 0 spiro atoms. The normalized spacial score (nSPS) is 13.4. The van der Waals surface area contributed by atoms with Crippen LogP contribution < -0.4 is 0 Å². The molecule has 0 bridgehead atoms. The topological polar surface area (TPSA) is 57.5 Å². The fourth-order valence-electron chi connectivity index (χ4n) is 3.24. The van der Waals surface area contributed by atoms with E-state index < -0.39 is 11.9 Å². The lowest BCUT2D eigenvalue weighted by molar-refractivity contribution is 0.0556. The summed E-state index contributed by atoms with van der Waals surface area (Å²) in [5.74, 6) is 0.322. The fourth-order valence-corrected chi connectivity index (χ4v) is 4.30. The van der Waals surface area contributed by atoms with Crippen molar-refractivity contribution in [3.8, 4) is 11.3 Å². The molecule has 0 saturated carbocycles. The third kappa shape index (κ3) is 3.03. The van der Waals surface area contributed by atoms with Crippen molar-refractivity contribution in [1.82, 2.24) is 4.57 Å². The Morgan fingerprint density at radius 2 is 1.58 bits per heavy atom. The molecule has 2 aromatic rings. The molecular weight excluding hydrogens is 350 g/mol. The van der Waals surface area contributed by atoms with Gasteiger partial charge in [0, 0.05) is 11.4 Å². The number of esters is 2. The molecule has 0 N–H and O–H groups in total. The molecule has 0 saturated heterocycles. The van der Waals surface area contributed by atoms with Crippen molar-refractivity contribution in [2.75, 3.05) is 14.2 Å². The molecule has 6 heteroatoms. The number of aromatic nitrogens is 1. The number of thioether (sulfide) groups is 1. The van der Waals surface area contributed by atoms with Gasteiger partial charge < -0.3 is 14.0 Å². The second kappa shape index (κ2) is 6.83. The zero-order valence-corrected chi connectivity index (χ0v) is 16.5. The van der Waals surface area contributed by atoms with Gasteiger partial charge >= 0.3 is 11.9 Å². The van der Waals surface area contributed by atoms with E-state index in [1.54, 1.807) is 11.8 Å². The third-order valence-corrected chi connectivity index (χ3v) is 5.55. The van der Waals surface area contributed by atoms with Crippen molar-refractivity contribution in [2.24, 2.45) is 0 Å². The number of ether oxygens (including phenoxy) is 2. The van der Waals surface area contributed by atoms with E-state index >= 15 is 0 Å². The predicted molar refractivity (Wildman–Crippen MR) is 103 cm³/mol. The quantitative estimate of drug-likeness (QED) is 0.754. The minimum Gasteiger partial charge on any atom is -0.465 e. The Hall–Kier alpha value is -2.21. The Kier molecular flexibility index (Phi) is 4.88. The highest BCUT2D eigenvalue weighted by Crippen LogP contribution is 2.40. The molecule has 0 atom stereocenters. The van der Waals surface area contributed by atoms with Crippen molar-refractivity contribution < 1.29 is 19.1 Å². The van der Waals surface area contributed by atoms with Gasteiger partial charge in [-0.3, -0.25) is 0 Å². The maximum absolute atomic E-state index is 12.5. The summed E-state index contributed by atoms with van der Waals surface area (Å²) in [4.78, 5) is 24.9. The summed E-state index contributed by atoms with van der Waals surface area (Å²) in [6.45, 7) is 6.47. The first kappa shape index (κ1) is 18.6. The molecule has 0 fully saturated rings. The van der Waals surface area contributed by atoms with Gasteiger partial charge in [0.1, 0.15) is 5.56 Å². The average Bonchev–Trinajstić information content (AvgIpc) is 3.19. The molecule has 0 aliphatic carbocycles. The summed E-state index contributed by atoms with van der Waals surface area (Å²) < 4.78 is 11.9. The van der Waals surface area contributed by atoms with E-state index in [1.165, 1.54) is 19.8 Å². The van der Waals surface area contributed by atoms with Crippen molar-refractivity contribution >= 4 is 23.7 Å². The van der Waals surface area contributed by atoms with Gasteiger partial charge in [-0.25, -0.2) is 9.59 Å². The van der Waals surface area contributed by atoms with Crippen LogP contribution in [-0.4, -0.2) is 30.7 Å². The van der Waals surface area contributed by atoms with Gasteiger partial charge in [-0.05, 0) is 16.5 Å². The van der Waals surface area contributed by atoms with Crippen LogP contribution in [0.15, 0.2) is 24.3 Å². The highest BCUT2D eigenvalue weighted by molar-refractivity contribution is 7.97. The maximum Gasteiger partial charge on any atom is 0.340 e. The molecule has 2 heterocycles. The minimum absolute atomic E-state index is 0.0395. The van der Waals surface area contributed by atoms with Crippen LogP contribution in [0.3, 0.4) is 0 Å². The van der Waals surface area contributed by atoms with Crippen LogP contribution in [0.25, 0.3) is 11.3 Å². The first-order valence-corrected chi connectivity index (χ1v) is 9.55. The largest absolute Gasteiger partial charge is 0.465 e. The summed E-state index contributed by atoms with van der Waals surface area (Å²) in [6, 6.07) is 8.13. The zero-order valence-electron chi connectivity index (χ0n) is 15.7. The second-order valence-electron chi connectivity index (χ2n) is 7.26. The summed E-state index contributed by atoms with van der Waals surface area (Å²) in [5, 5.41) is 0. The Balaban J connectivity index is 2.24. The first-order chi connectivity index (χ1) is 12.3. The Labute approximate surface area is 157 Å². The predicted octanol–water partition coefficient (Wildman–Crippen LogP) is 4.23. The van der Waals surface area contributed by atoms with E-state index in [0.717, 1.165) is 17.0 Å². The van der Waals surface area contributed by atoms with Crippen molar-refractivity contribution in [3.05, 3.63) is 46.6 Å². The third-order valence-electron chi connectivity index (χ3n) is 4.63. The smallest absolute Gasteiger partial charge is 0.340 e. The number of hydrogen-bond acceptors (Lipinski definition) is 5. The van der Waals surface area contributed by atoms with Crippen LogP contribution >= 0.6 is 11.8 Å². The zero-order chi connectivity index (χ0) is 19.1. The van der Waals surface area contributed by atoms with E-state index in [0.29, 0.717) is 17.2 Å². The molecule has 3 rings (SSSR count). The van der Waals surface area contributed by atoms with Crippen molar-refractivity contribution in [1.29, 1.82) is 0 Å². The van der Waals surface area contributed by atoms with Crippen molar-refractivity contribution in [3.63, 3.8) is 0 Å². The highest BCUT2D eigenvalue weighted by atomic mass is 32.2. The second-order valence-corrected chi connectivity index (χ2v) is 8.22. The molecule has 138 valence electrons. The number of hydrogen-bond donors (Lipinski definition) is 0. The maximum atomic E-state index is 12.5. The lowest BCUT2D eigenvalue weighted by Gasteiger charge is -2.19. The van der Waals surface area contributed by atoms with Gasteiger partial charge in [0.2, 0.25) is 0 Å². The molecule has 1 aromatic heterocycles. The van der Waals surface area contributed by atoms with Crippen LogP contribution in [-0.2, 0) is 26.5 Å². The molecule has 1 aromatic carbocycles. The number of rotatable bonds is 3. The van der Waals surface area contributed by atoms with Gasteiger partial charge in [0.25, 0.3) is 0 Å². The van der Waals surface area contributed by atoms with E-state index in [1.807, 2.05) is 16.7 Å². The highest BCUT2D eigenvalue weighted by Gasteiger charge is 2.35. The fraction of sp³-hybridized carbons (Fsp3) is 0.400. The van der Waals surface area contributed by atoms with Crippen LogP contribution in [0.2, 0.25) is 0 Å². The van der Waals surface area contributed by atoms with Crippen LogP contribution in [0, 0.1) is 0 Å². The number of carbonyl (C=O) groups is 2. The standard InChI is InChI=1S/C20H23NO4S/c1-20(2,3)13-8-6-12(7-9-13)17-16(19(23)25-5)15(18(22)24-4)14-10-26-11-21(14)17/h6-9H,10-11H2,1-5H3. The molecule has 0 amide bonds. The Morgan fingerprint density at radius 3 is 2.12 bits per heavy atom. The molecule has 0 unspecified atom stereocenters. The summed E-state index contributed by atoms with van der Waals surface area (Å²) in [6.07, 6.45) is 0. The minimum atomic E-state index is -0.521. The number of methoxy groups -OCH3 is 2. The summed E-state index contributed by atoms with van der Waals surface area (Å²) in [5.41, 5.74) is 4.28. The molecule has 1 aliphatic rings. The van der Waals surface area contributed by atoms with Gasteiger partial charge in [-0.2, -0.15) is 0 Å². The van der Waals surface area contributed by atoms with E-state index in [9.17, 15) is 9.59 Å². The Bertz CT molecular complexity index is 859. The van der Waals surface area contributed by atoms with Crippen LogP contribution in [0.5, 0.6) is 0 Å². The van der Waals surface area contributed by atoms with Gasteiger partial charge in [0.05, 0.1) is 31.4 Å². The molecule has 26 heavy (non-hydrogen) atoms. The number of fused-ring (bicyclic) bond motifs is 1. The SMILES string of the molecule is COC(=O)c1c(C(=O)OC)c(-c2ccc(C(C)(C)C)cc2)n2c1CSC2. The summed E-state index contributed by atoms with van der Waals surface area (Å²) in [7, 11) is 2.65. The molecule has 1 aliphatic heterocycles. The Morgan fingerprint density at radius 1 is 1.00 bits per heavy atom. The monoisotopic (exact) mass is 373 g/mol. The van der Waals surface area contributed by atoms with Crippen LogP contribution in [0.4, 0.5) is 0 Å². The van der Waals surface area contributed by atoms with Gasteiger partial charge in [-0.15, -0.1) is 11.8 Å². The average molecular weight is 373 g/mol.